The number of carboxylic acid groups (broad SMARTS) is 1. The molecule has 0 saturated heterocycles. The van der Waals surface area contributed by atoms with Gasteiger partial charge in [-0.1, -0.05) is 6.07 Å². The zero-order valence-electron chi connectivity index (χ0n) is 11.8. The van der Waals surface area contributed by atoms with Crippen molar-refractivity contribution in [1.82, 2.24) is 20.1 Å². The van der Waals surface area contributed by atoms with Gasteiger partial charge in [0, 0.05) is 18.4 Å². The molecule has 1 aliphatic carbocycles. The predicted molar refractivity (Wildman–Crippen MR) is 77.6 cm³/mol. The minimum absolute atomic E-state index is 0.108. The van der Waals surface area contributed by atoms with Crippen molar-refractivity contribution < 1.29 is 14.7 Å². The summed E-state index contributed by atoms with van der Waals surface area (Å²) in [6.07, 6.45) is 5.14. The first-order valence-electron chi connectivity index (χ1n) is 7.14. The molecule has 2 aromatic heterocycles. The Morgan fingerprint density at radius 2 is 2.14 bits per heavy atom. The highest BCUT2D eigenvalue weighted by atomic mass is 16.4. The van der Waals surface area contributed by atoms with Crippen LogP contribution in [0.2, 0.25) is 0 Å². The number of nitrogens with one attached hydrogen (secondary N) is 1. The van der Waals surface area contributed by atoms with Crippen LogP contribution in [0.25, 0.3) is 5.82 Å². The Morgan fingerprint density at radius 1 is 1.27 bits per heavy atom. The van der Waals surface area contributed by atoms with E-state index in [0.29, 0.717) is 30.8 Å². The number of carbonyl (C=O) groups excluding carboxylic acids is 1. The van der Waals surface area contributed by atoms with Crippen LogP contribution in [0, 0.1) is 5.92 Å². The third-order valence-electron chi connectivity index (χ3n) is 3.82. The molecular formula is C15H16N4O3. The summed E-state index contributed by atoms with van der Waals surface area (Å²) in [6.45, 7) is 0. The SMILES string of the molecule is O=C(N[C@@H]1CC[C@H](C(=O)O)C1)c1cccc(-n2cccn2)n1. The Kier molecular flexibility index (Phi) is 3.86. The lowest BCUT2D eigenvalue weighted by molar-refractivity contribution is -0.141. The second-order valence-corrected chi connectivity index (χ2v) is 5.35. The molecule has 1 amide bonds. The van der Waals surface area contributed by atoms with E-state index in [0.717, 1.165) is 0 Å². The molecule has 22 heavy (non-hydrogen) atoms. The molecule has 0 aromatic carbocycles. The quantitative estimate of drug-likeness (QED) is 0.885. The second-order valence-electron chi connectivity index (χ2n) is 5.35. The molecule has 0 radical (unpaired) electrons. The average molecular weight is 300 g/mol. The van der Waals surface area contributed by atoms with Gasteiger partial charge >= 0.3 is 5.97 Å². The maximum absolute atomic E-state index is 12.2. The number of hydrogen-bond acceptors (Lipinski definition) is 4. The van der Waals surface area contributed by atoms with Gasteiger partial charge in [0.05, 0.1) is 5.92 Å². The van der Waals surface area contributed by atoms with E-state index < -0.39 is 5.97 Å². The molecule has 2 aromatic rings. The third kappa shape index (κ3) is 2.98. The summed E-state index contributed by atoms with van der Waals surface area (Å²) in [5.41, 5.74) is 0.298. The largest absolute Gasteiger partial charge is 0.481 e. The molecule has 0 aliphatic heterocycles. The summed E-state index contributed by atoms with van der Waals surface area (Å²) in [7, 11) is 0. The van der Waals surface area contributed by atoms with Crippen LogP contribution in [0.4, 0.5) is 0 Å². The van der Waals surface area contributed by atoms with E-state index in [1.54, 1.807) is 41.3 Å². The van der Waals surface area contributed by atoms with Gasteiger partial charge in [0.25, 0.3) is 5.91 Å². The molecule has 2 atom stereocenters. The van der Waals surface area contributed by atoms with Crippen molar-refractivity contribution in [2.75, 3.05) is 0 Å². The number of pyridine rings is 1. The van der Waals surface area contributed by atoms with Crippen molar-refractivity contribution in [2.24, 2.45) is 5.92 Å². The molecule has 0 unspecified atom stereocenters. The Balaban J connectivity index is 1.68. The van der Waals surface area contributed by atoms with E-state index in [2.05, 4.69) is 15.4 Å². The molecular weight excluding hydrogens is 284 g/mol. The van der Waals surface area contributed by atoms with E-state index in [9.17, 15) is 9.59 Å². The summed E-state index contributed by atoms with van der Waals surface area (Å²) in [6, 6.07) is 6.81. The molecule has 0 spiro atoms. The van der Waals surface area contributed by atoms with Gasteiger partial charge in [0.2, 0.25) is 0 Å². The molecule has 3 rings (SSSR count). The van der Waals surface area contributed by atoms with Crippen molar-refractivity contribution in [3.05, 3.63) is 42.4 Å². The molecule has 1 aliphatic rings. The van der Waals surface area contributed by atoms with Gasteiger partial charge in [0.15, 0.2) is 5.82 Å². The lowest BCUT2D eigenvalue weighted by Crippen LogP contribution is -2.34. The second kappa shape index (κ2) is 5.97. The van der Waals surface area contributed by atoms with Crippen LogP contribution >= 0.6 is 0 Å². The van der Waals surface area contributed by atoms with Gasteiger partial charge in [-0.05, 0) is 37.5 Å². The fraction of sp³-hybridized carbons (Fsp3) is 0.333. The standard InChI is InChI=1S/C15H16N4O3/c20-14(17-11-6-5-10(9-11)15(21)22)12-3-1-4-13(18-12)19-8-2-7-16-19/h1-4,7-8,10-11H,5-6,9H2,(H,17,20)(H,21,22)/t10-,11+/m0/s1. The molecule has 114 valence electrons. The first-order valence-corrected chi connectivity index (χ1v) is 7.14. The number of aliphatic carboxylic acids is 1. The summed E-state index contributed by atoms with van der Waals surface area (Å²) in [4.78, 5) is 27.5. The Bertz CT molecular complexity index is 684. The number of amides is 1. The minimum Gasteiger partial charge on any atom is -0.481 e. The maximum Gasteiger partial charge on any atom is 0.306 e. The number of nitrogens with zero attached hydrogens (tertiary/aromatic N) is 3. The third-order valence-corrected chi connectivity index (χ3v) is 3.82. The summed E-state index contributed by atoms with van der Waals surface area (Å²) in [5, 5.41) is 15.9. The molecule has 1 saturated carbocycles. The molecule has 0 bridgehead atoms. The molecule has 1 fully saturated rings. The van der Waals surface area contributed by atoms with Crippen LogP contribution in [-0.2, 0) is 4.79 Å². The topological polar surface area (TPSA) is 97.1 Å². The summed E-state index contributed by atoms with van der Waals surface area (Å²) >= 11 is 0. The minimum atomic E-state index is -0.796. The zero-order chi connectivity index (χ0) is 15.5. The van der Waals surface area contributed by atoms with Crippen molar-refractivity contribution in [1.29, 1.82) is 0 Å². The van der Waals surface area contributed by atoms with Crippen LogP contribution < -0.4 is 5.32 Å². The fourth-order valence-corrected chi connectivity index (χ4v) is 2.68. The molecule has 2 N–H and O–H groups in total. The fourth-order valence-electron chi connectivity index (χ4n) is 2.68. The van der Waals surface area contributed by atoms with Crippen molar-refractivity contribution in [3.8, 4) is 5.82 Å². The molecule has 7 nitrogen and oxygen atoms in total. The summed E-state index contributed by atoms with van der Waals surface area (Å²) in [5.74, 6) is -0.887. The van der Waals surface area contributed by atoms with Gasteiger partial charge in [-0.2, -0.15) is 5.10 Å². The predicted octanol–water partition coefficient (Wildman–Crippen LogP) is 1.25. The van der Waals surface area contributed by atoms with E-state index >= 15 is 0 Å². The van der Waals surface area contributed by atoms with Crippen molar-refractivity contribution >= 4 is 11.9 Å². The lowest BCUT2D eigenvalue weighted by Gasteiger charge is -2.12. The average Bonchev–Trinajstić information content (AvgIpc) is 3.19. The van der Waals surface area contributed by atoms with E-state index in [-0.39, 0.29) is 17.9 Å². The first kappa shape index (κ1) is 14.2. The van der Waals surface area contributed by atoms with E-state index in [1.807, 2.05) is 0 Å². The highest BCUT2D eigenvalue weighted by Gasteiger charge is 2.30. The Labute approximate surface area is 127 Å². The monoisotopic (exact) mass is 300 g/mol. The van der Waals surface area contributed by atoms with Crippen molar-refractivity contribution in [2.45, 2.75) is 25.3 Å². The highest BCUT2D eigenvalue weighted by Crippen LogP contribution is 2.25. The molecule has 2 heterocycles. The van der Waals surface area contributed by atoms with Gasteiger partial charge in [-0.15, -0.1) is 0 Å². The maximum atomic E-state index is 12.2. The van der Waals surface area contributed by atoms with Gasteiger partial charge in [0.1, 0.15) is 5.69 Å². The van der Waals surface area contributed by atoms with E-state index in [1.165, 1.54) is 0 Å². The normalized spacial score (nSPS) is 20.7. The Morgan fingerprint density at radius 3 is 2.82 bits per heavy atom. The lowest BCUT2D eigenvalue weighted by atomic mass is 10.1. The highest BCUT2D eigenvalue weighted by molar-refractivity contribution is 5.92. The van der Waals surface area contributed by atoms with Crippen LogP contribution in [0.15, 0.2) is 36.7 Å². The van der Waals surface area contributed by atoms with Crippen molar-refractivity contribution in [3.63, 3.8) is 0 Å². The number of carbonyl (C=O) groups is 2. The van der Waals surface area contributed by atoms with Gasteiger partial charge in [-0.25, -0.2) is 9.67 Å². The van der Waals surface area contributed by atoms with Gasteiger partial charge in [-0.3, -0.25) is 9.59 Å². The molecule has 7 heteroatoms. The van der Waals surface area contributed by atoms with Crippen LogP contribution in [-0.4, -0.2) is 37.8 Å². The van der Waals surface area contributed by atoms with E-state index in [4.69, 9.17) is 5.11 Å². The number of rotatable bonds is 4. The Hall–Kier alpha value is -2.70. The van der Waals surface area contributed by atoms with Crippen LogP contribution in [0.5, 0.6) is 0 Å². The number of hydrogen-bond donors (Lipinski definition) is 2. The zero-order valence-corrected chi connectivity index (χ0v) is 11.8. The van der Waals surface area contributed by atoms with Crippen LogP contribution in [0.1, 0.15) is 29.8 Å². The first-order chi connectivity index (χ1) is 10.6. The van der Waals surface area contributed by atoms with Crippen LogP contribution in [0.3, 0.4) is 0 Å². The van der Waals surface area contributed by atoms with Gasteiger partial charge < -0.3 is 10.4 Å². The number of carboxylic acids is 1. The number of aromatic nitrogens is 3. The smallest absolute Gasteiger partial charge is 0.306 e. The summed E-state index contributed by atoms with van der Waals surface area (Å²) < 4.78 is 1.58.